The molecule has 2 fully saturated rings. The first kappa shape index (κ1) is 18.6. The number of aromatic nitrogens is 4. The predicted molar refractivity (Wildman–Crippen MR) is 102 cm³/mol. The molecule has 9 nitrogen and oxygen atoms in total. The molecule has 2 amide bonds. The summed E-state index contributed by atoms with van der Waals surface area (Å²) < 4.78 is 1.18. The third kappa shape index (κ3) is 3.29. The zero-order chi connectivity index (χ0) is 19.7. The molecule has 1 unspecified atom stereocenters. The third-order valence-electron chi connectivity index (χ3n) is 6.02. The molecule has 0 radical (unpaired) electrons. The summed E-state index contributed by atoms with van der Waals surface area (Å²) in [7, 11) is 0. The molecular weight excluding hydrogens is 360 g/mol. The number of nitrogens with zero attached hydrogens (tertiary/aromatic N) is 5. The van der Waals surface area contributed by atoms with Gasteiger partial charge >= 0.3 is 0 Å². The van der Waals surface area contributed by atoms with Crippen molar-refractivity contribution in [3.8, 4) is 0 Å². The van der Waals surface area contributed by atoms with Crippen LogP contribution in [0.5, 0.6) is 0 Å². The van der Waals surface area contributed by atoms with Gasteiger partial charge in [0.25, 0.3) is 17.2 Å². The molecule has 0 bridgehead atoms. The lowest BCUT2D eigenvalue weighted by atomic mass is 9.73. The number of hydrogen-bond donors (Lipinski definition) is 1. The van der Waals surface area contributed by atoms with Crippen molar-refractivity contribution in [2.24, 2.45) is 5.41 Å². The second-order valence-electron chi connectivity index (χ2n) is 8.00. The highest BCUT2D eigenvalue weighted by atomic mass is 16.2. The molecular formula is C19H26N6O3. The lowest BCUT2D eigenvalue weighted by Gasteiger charge is -2.48. The molecule has 2 aromatic rings. The van der Waals surface area contributed by atoms with Crippen LogP contribution in [0.1, 0.15) is 55.8 Å². The number of unbranched alkanes of at least 4 members (excludes halogenated alkanes) is 1. The number of carbonyl (C=O) groups is 2. The summed E-state index contributed by atoms with van der Waals surface area (Å²) in [5.41, 5.74) is -0.457. The van der Waals surface area contributed by atoms with Crippen LogP contribution < -0.4 is 5.56 Å². The van der Waals surface area contributed by atoms with Gasteiger partial charge in [0.05, 0.1) is 0 Å². The number of hydrogen-bond acceptors (Lipinski definition) is 5. The molecule has 2 aliphatic rings. The van der Waals surface area contributed by atoms with Gasteiger partial charge in [-0.2, -0.15) is 4.52 Å². The number of likely N-dealkylation sites (tertiary alicyclic amines) is 2. The highest BCUT2D eigenvalue weighted by Crippen LogP contribution is 2.39. The number of rotatable bonds is 4. The summed E-state index contributed by atoms with van der Waals surface area (Å²) >= 11 is 0. The van der Waals surface area contributed by atoms with Crippen LogP contribution in [0.4, 0.5) is 0 Å². The Morgan fingerprint density at radius 2 is 2.11 bits per heavy atom. The summed E-state index contributed by atoms with van der Waals surface area (Å²) in [5, 5.41) is 2.69. The van der Waals surface area contributed by atoms with E-state index in [1.165, 1.54) is 17.0 Å². The van der Waals surface area contributed by atoms with Crippen molar-refractivity contribution in [2.75, 3.05) is 26.2 Å². The zero-order valence-corrected chi connectivity index (χ0v) is 16.2. The minimum Gasteiger partial charge on any atom is -0.342 e. The molecule has 2 aliphatic heterocycles. The molecule has 1 atom stereocenters. The molecule has 2 aromatic heterocycles. The number of aromatic amines is 1. The SMILES string of the molecule is CCCCN1CC2(CCCN(C(=O)c3cnc4nc[nH]n4c3=O)C2)CCC1=O. The van der Waals surface area contributed by atoms with E-state index >= 15 is 0 Å². The standard InChI is InChI=1S/C19H26N6O3/c1-2-3-8-23-11-19(7-5-15(23)26)6-4-9-24(12-19)16(27)14-10-20-18-21-13-22-25(18)17(14)28/h10,13H,2-9,11-12H2,1H3,(H,20,21,22). The molecule has 9 heteroatoms. The van der Waals surface area contributed by atoms with Gasteiger partial charge in [0.1, 0.15) is 11.9 Å². The second kappa shape index (κ2) is 7.37. The fraction of sp³-hybridized carbons (Fsp3) is 0.632. The van der Waals surface area contributed by atoms with Crippen molar-refractivity contribution in [2.45, 2.75) is 45.4 Å². The van der Waals surface area contributed by atoms with Crippen molar-refractivity contribution in [3.63, 3.8) is 0 Å². The fourth-order valence-electron chi connectivity index (χ4n) is 4.48. The van der Waals surface area contributed by atoms with Crippen LogP contribution in [0.25, 0.3) is 5.78 Å². The van der Waals surface area contributed by atoms with E-state index in [1.54, 1.807) is 4.90 Å². The molecule has 1 spiro atoms. The third-order valence-corrected chi connectivity index (χ3v) is 6.02. The molecule has 150 valence electrons. The van der Waals surface area contributed by atoms with Crippen molar-refractivity contribution in [3.05, 3.63) is 28.4 Å². The molecule has 4 heterocycles. The van der Waals surface area contributed by atoms with Gasteiger partial charge in [-0.15, -0.1) is 0 Å². The van der Waals surface area contributed by atoms with E-state index in [9.17, 15) is 14.4 Å². The summed E-state index contributed by atoms with van der Waals surface area (Å²) in [6.45, 7) is 4.80. The minimum atomic E-state index is -0.435. The maximum atomic E-state index is 13.1. The van der Waals surface area contributed by atoms with Crippen LogP contribution in [0.2, 0.25) is 0 Å². The Morgan fingerprint density at radius 1 is 1.25 bits per heavy atom. The quantitative estimate of drug-likeness (QED) is 0.846. The monoisotopic (exact) mass is 386 g/mol. The van der Waals surface area contributed by atoms with Crippen LogP contribution in [0.15, 0.2) is 17.3 Å². The van der Waals surface area contributed by atoms with E-state index in [1.807, 2.05) is 4.90 Å². The van der Waals surface area contributed by atoms with Crippen LogP contribution >= 0.6 is 0 Å². The molecule has 1 N–H and O–H groups in total. The number of fused-ring (bicyclic) bond motifs is 1. The maximum absolute atomic E-state index is 13.1. The Kier molecular flexibility index (Phi) is 4.91. The highest BCUT2D eigenvalue weighted by Gasteiger charge is 2.43. The highest BCUT2D eigenvalue weighted by molar-refractivity contribution is 5.93. The fourth-order valence-corrected chi connectivity index (χ4v) is 4.48. The lowest BCUT2D eigenvalue weighted by Crippen LogP contribution is -2.55. The van der Waals surface area contributed by atoms with Gasteiger partial charge in [-0.05, 0) is 25.7 Å². The van der Waals surface area contributed by atoms with Crippen molar-refractivity contribution < 1.29 is 9.59 Å². The molecule has 0 saturated carbocycles. The van der Waals surface area contributed by atoms with Gasteiger partial charge in [0.2, 0.25) is 5.91 Å². The molecule has 2 saturated heterocycles. The van der Waals surface area contributed by atoms with Gasteiger partial charge in [-0.25, -0.2) is 9.97 Å². The van der Waals surface area contributed by atoms with E-state index in [2.05, 4.69) is 22.0 Å². The minimum absolute atomic E-state index is 0.0496. The number of piperidine rings is 2. The maximum Gasteiger partial charge on any atom is 0.286 e. The zero-order valence-electron chi connectivity index (χ0n) is 16.2. The molecule has 4 rings (SSSR count). The number of H-pyrrole nitrogens is 1. The van der Waals surface area contributed by atoms with Gasteiger partial charge in [-0.3, -0.25) is 19.5 Å². The molecule has 0 aliphatic carbocycles. The van der Waals surface area contributed by atoms with E-state index in [-0.39, 0.29) is 28.6 Å². The van der Waals surface area contributed by atoms with Crippen LogP contribution in [-0.4, -0.2) is 67.4 Å². The van der Waals surface area contributed by atoms with E-state index in [0.29, 0.717) is 26.1 Å². The van der Waals surface area contributed by atoms with Gasteiger partial charge in [-0.1, -0.05) is 13.3 Å². The Morgan fingerprint density at radius 3 is 2.93 bits per heavy atom. The van der Waals surface area contributed by atoms with Crippen molar-refractivity contribution in [1.82, 2.24) is 29.4 Å². The number of amides is 2. The Hall–Kier alpha value is -2.71. The van der Waals surface area contributed by atoms with E-state index < -0.39 is 5.56 Å². The molecule has 28 heavy (non-hydrogen) atoms. The normalized spacial score (nSPS) is 23.0. The van der Waals surface area contributed by atoms with Crippen LogP contribution in [0, 0.1) is 5.41 Å². The Labute approximate surface area is 162 Å². The molecule has 0 aromatic carbocycles. The Bertz CT molecular complexity index is 951. The number of nitrogens with one attached hydrogen (secondary N) is 1. The smallest absolute Gasteiger partial charge is 0.286 e. The van der Waals surface area contributed by atoms with E-state index in [0.717, 1.165) is 38.6 Å². The summed E-state index contributed by atoms with van der Waals surface area (Å²) in [6, 6.07) is 0. The summed E-state index contributed by atoms with van der Waals surface area (Å²) in [6.07, 6.45) is 7.96. The first-order chi connectivity index (χ1) is 13.5. The average molecular weight is 386 g/mol. The first-order valence-corrected chi connectivity index (χ1v) is 10.0. The largest absolute Gasteiger partial charge is 0.342 e. The summed E-state index contributed by atoms with van der Waals surface area (Å²) in [5.74, 6) is 0.168. The van der Waals surface area contributed by atoms with Gasteiger partial charge in [0, 0.05) is 44.2 Å². The van der Waals surface area contributed by atoms with Crippen LogP contribution in [0.3, 0.4) is 0 Å². The van der Waals surface area contributed by atoms with Crippen LogP contribution in [-0.2, 0) is 4.79 Å². The summed E-state index contributed by atoms with van der Waals surface area (Å²) in [4.78, 5) is 49.7. The second-order valence-corrected chi connectivity index (χ2v) is 8.00. The Balaban J connectivity index is 1.54. The van der Waals surface area contributed by atoms with Crippen molar-refractivity contribution in [1.29, 1.82) is 0 Å². The van der Waals surface area contributed by atoms with Gasteiger partial charge < -0.3 is 9.80 Å². The van der Waals surface area contributed by atoms with Gasteiger partial charge in [0.15, 0.2) is 0 Å². The topological polar surface area (TPSA) is 104 Å². The first-order valence-electron chi connectivity index (χ1n) is 10.0. The van der Waals surface area contributed by atoms with E-state index in [4.69, 9.17) is 0 Å². The predicted octanol–water partition coefficient (Wildman–Crippen LogP) is 1.06. The lowest BCUT2D eigenvalue weighted by molar-refractivity contribution is -0.139. The van der Waals surface area contributed by atoms with Crippen molar-refractivity contribution >= 4 is 17.6 Å². The average Bonchev–Trinajstić information content (AvgIpc) is 3.19. The number of carbonyl (C=O) groups excluding carboxylic acids is 2.